The number of fused-ring (bicyclic) bond motifs is 6. The largest absolute Gasteiger partial charge is 0.490 e. The van der Waals surface area contributed by atoms with E-state index in [1.807, 2.05) is 55.7 Å². The lowest BCUT2D eigenvalue weighted by molar-refractivity contribution is -0.134. The number of hydrogen-bond acceptors (Lipinski definition) is 5. The van der Waals surface area contributed by atoms with Gasteiger partial charge in [-0.3, -0.25) is 4.79 Å². The lowest BCUT2D eigenvalue weighted by atomic mass is 9.98. The maximum Gasteiger partial charge on any atom is 0.223 e. The Hall–Kier alpha value is -3.09. The number of rotatable bonds is 7. The highest BCUT2D eigenvalue weighted by molar-refractivity contribution is 5.78. The quantitative estimate of drug-likeness (QED) is 0.561. The number of carbonyl (C=O) groups excluding carboxylic acids is 1. The Morgan fingerprint density at radius 2 is 1.94 bits per heavy atom. The number of ether oxygens (including phenoxy) is 2. The SMILES string of the molecule is CCOc1ccc(CCC(=O)N2C3CCC2c2cnc4cc(C)nn4c2C3)cc1OCC. The lowest BCUT2D eigenvalue weighted by Gasteiger charge is -2.36. The van der Waals surface area contributed by atoms with Gasteiger partial charge in [0, 0.05) is 36.7 Å². The molecule has 0 spiro atoms. The fourth-order valence-corrected chi connectivity index (χ4v) is 5.21. The van der Waals surface area contributed by atoms with E-state index in [2.05, 4.69) is 15.0 Å². The summed E-state index contributed by atoms with van der Waals surface area (Å²) in [5.41, 5.74) is 5.32. The van der Waals surface area contributed by atoms with Crippen LogP contribution in [0.1, 0.15) is 61.7 Å². The van der Waals surface area contributed by atoms with Crippen LogP contribution in [-0.4, -0.2) is 44.7 Å². The Bertz CT molecular complexity index is 1160. The molecule has 2 bridgehead atoms. The van der Waals surface area contributed by atoms with Crippen molar-refractivity contribution in [2.24, 2.45) is 0 Å². The highest BCUT2D eigenvalue weighted by Crippen LogP contribution is 2.44. The molecule has 2 atom stereocenters. The van der Waals surface area contributed by atoms with E-state index in [9.17, 15) is 4.79 Å². The molecule has 168 valence electrons. The predicted octanol–water partition coefficient (Wildman–Crippen LogP) is 4.06. The zero-order valence-corrected chi connectivity index (χ0v) is 19.0. The number of amides is 1. The predicted molar refractivity (Wildman–Crippen MR) is 121 cm³/mol. The fourth-order valence-electron chi connectivity index (χ4n) is 5.21. The van der Waals surface area contributed by atoms with E-state index in [1.54, 1.807) is 0 Å². The molecular weight excluding hydrogens is 404 g/mol. The van der Waals surface area contributed by atoms with Gasteiger partial charge in [0.25, 0.3) is 0 Å². The van der Waals surface area contributed by atoms with E-state index in [0.29, 0.717) is 26.1 Å². The van der Waals surface area contributed by atoms with E-state index < -0.39 is 0 Å². The molecule has 0 saturated carbocycles. The monoisotopic (exact) mass is 434 g/mol. The summed E-state index contributed by atoms with van der Waals surface area (Å²) in [5, 5.41) is 4.64. The van der Waals surface area contributed by atoms with Crippen molar-refractivity contribution < 1.29 is 14.3 Å². The highest BCUT2D eigenvalue weighted by Gasteiger charge is 2.43. The average Bonchev–Trinajstić information content (AvgIpc) is 3.32. The molecule has 32 heavy (non-hydrogen) atoms. The van der Waals surface area contributed by atoms with Crippen LogP contribution in [-0.2, 0) is 17.6 Å². The molecule has 2 unspecified atom stereocenters. The van der Waals surface area contributed by atoms with Gasteiger partial charge in [0.05, 0.1) is 30.6 Å². The van der Waals surface area contributed by atoms with Gasteiger partial charge >= 0.3 is 0 Å². The van der Waals surface area contributed by atoms with E-state index in [-0.39, 0.29) is 18.0 Å². The molecule has 0 radical (unpaired) electrons. The zero-order chi connectivity index (χ0) is 22.2. The summed E-state index contributed by atoms with van der Waals surface area (Å²) in [7, 11) is 0. The number of aryl methyl sites for hydroxylation is 2. The summed E-state index contributed by atoms with van der Waals surface area (Å²) in [6.45, 7) is 7.09. The van der Waals surface area contributed by atoms with Crippen LogP contribution in [0.2, 0.25) is 0 Å². The van der Waals surface area contributed by atoms with Crippen molar-refractivity contribution in [3.63, 3.8) is 0 Å². The van der Waals surface area contributed by atoms with Crippen LogP contribution in [0.5, 0.6) is 11.5 Å². The maximum absolute atomic E-state index is 13.3. The van der Waals surface area contributed by atoms with Crippen LogP contribution in [0.3, 0.4) is 0 Å². The molecule has 2 aromatic heterocycles. The third-order valence-electron chi connectivity index (χ3n) is 6.55. The van der Waals surface area contributed by atoms with Gasteiger partial charge in [0.15, 0.2) is 17.1 Å². The Labute approximate surface area is 188 Å². The Morgan fingerprint density at radius 3 is 2.75 bits per heavy atom. The molecule has 2 aliphatic heterocycles. The van der Waals surface area contributed by atoms with Crippen LogP contribution in [0.15, 0.2) is 30.5 Å². The van der Waals surface area contributed by atoms with Gasteiger partial charge < -0.3 is 14.4 Å². The Morgan fingerprint density at radius 1 is 1.12 bits per heavy atom. The van der Waals surface area contributed by atoms with Crippen LogP contribution < -0.4 is 9.47 Å². The fraction of sp³-hybridized carbons (Fsp3) is 0.480. The van der Waals surface area contributed by atoms with Crippen molar-refractivity contribution >= 4 is 11.6 Å². The molecule has 3 aromatic rings. The standard InChI is InChI=1S/C25H30N4O3/c1-4-31-22-10-6-17(13-23(22)32-5-2)7-11-25(30)28-18-8-9-20(28)19-15-26-24-12-16(3)27-29(24)21(19)14-18/h6,10,12-13,15,18,20H,4-5,7-9,11,14H2,1-3H3. The Balaban J connectivity index is 1.33. The summed E-state index contributed by atoms with van der Waals surface area (Å²) in [6.07, 6.45) is 6.00. The molecule has 4 heterocycles. The van der Waals surface area contributed by atoms with Crippen LogP contribution >= 0.6 is 0 Å². The first-order chi connectivity index (χ1) is 15.6. The number of carbonyl (C=O) groups is 1. The first-order valence-corrected chi connectivity index (χ1v) is 11.6. The van der Waals surface area contributed by atoms with E-state index in [0.717, 1.165) is 53.2 Å². The number of nitrogens with zero attached hydrogens (tertiary/aromatic N) is 4. The summed E-state index contributed by atoms with van der Waals surface area (Å²) in [6, 6.07) is 8.33. The van der Waals surface area contributed by atoms with Gasteiger partial charge in [0.2, 0.25) is 5.91 Å². The van der Waals surface area contributed by atoms with Crippen LogP contribution in [0.25, 0.3) is 5.65 Å². The molecule has 1 saturated heterocycles. The van der Waals surface area contributed by atoms with Gasteiger partial charge in [-0.05, 0) is 57.7 Å². The first-order valence-electron chi connectivity index (χ1n) is 11.6. The molecule has 7 heteroatoms. The normalized spacial score (nSPS) is 19.3. The average molecular weight is 435 g/mol. The minimum absolute atomic E-state index is 0.108. The molecule has 2 aliphatic rings. The summed E-state index contributed by atoms with van der Waals surface area (Å²) in [5.74, 6) is 1.71. The maximum atomic E-state index is 13.3. The molecule has 7 nitrogen and oxygen atoms in total. The number of aromatic nitrogens is 3. The molecule has 0 aliphatic carbocycles. The second-order valence-corrected chi connectivity index (χ2v) is 8.62. The Kier molecular flexibility index (Phi) is 5.49. The van der Waals surface area contributed by atoms with Gasteiger partial charge in [-0.2, -0.15) is 5.10 Å². The smallest absolute Gasteiger partial charge is 0.223 e. The molecule has 1 amide bonds. The highest BCUT2D eigenvalue weighted by atomic mass is 16.5. The second-order valence-electron chi connectivity index (χ2n) is 8.62. The number of benzene rings is 1. The minimum Gasteiger partial charge on any atom is -0.490 e. The van der Waals surface area contributed by atoms with Crippen molar-refractivity contribution in [1.82, 2.24) is 19.5 Å². The third kappa shape index (κ3) is 3.59. The number of hydrogen-bond donors (Lipinski definition) is 0. The van der Waals surface area contributed by atoms with E-state index in [4.69, 9.17) is 9.47 Å². The molecule has 1 fully saturated rings. The van der Waals surface area contributed by atoms with E-state index in [1.165, 1.54) is 5.69 Å². The summed E-state index contributed by atoms with van der Waals surface area (Å²) < 4.78 is 13.4. The molecule has 1 aromatic carbocycles. The first kappa shape index (κ1) is 20.8. The molecular formula is C25H30N4O3. The lowest BCUT2D eigenvalue weighted by Crippen LogP contribution is -2.42. The minimum atomic E-state index is 0.108. The van der Waals surface area contributed by atoms with Gasteiger partial charge in [-0.25, -0.2) is 9.50 Å². The topological polar surface area (TPSA) is 69.0 Å². The summed E-state index contributed by atoms with van der Waals surface area (Å²) in [4.78, 5) is 20.0. The van der Waals surface area contributed by atoms with Crippen molar-refractivity contribution in [1.29, 1.82) is 0 Å². The van der Waals surface area contributed by atoms with Gasteiger partial charge in [-0.15, -0.1) is 0 Å². The van der Waals surface area contributed by atoms with Gasteiger partial charge in [-0.1, -0.05) is 6.07 Å². The van der Waals surface area contributed by atoms with Crippen molar-refractivity contribution in [2.45, 2.75) is 65.0 Å². The zero-order valence-electron chi connectivity index (χ0n) is 19.0. The van der Waals surface area contributed by atoms with Crippen LogP contribution in [0.4, 0.5) is 0 Å². The third-order valence-corrected chi connectivity index (χ3v) is 6.55. The van der Waals surface area contributed by atoms with Crippen molar-refractivity contribution in [2.75, 3.05) is 13.2 Å². The van der Waals surface area contributed by atoms with Crippen molar-refractivity contribution in [3.05, 3.63) is 53.0 Å². The second kappa shape index (κ2) is 8.45. The summed E-state index contributed by atoms with van der Waals surface area (Å²) >= 11 is 0. The molecule has 5 rings (SSSR count). The van der Waals surface area contributed by atoms with E-state index >= 15 is 0 Å². The molecule has 0 N–H and O–H groups in total. The van der Waals surface area contributed by atoms with Crippen molar-refractivity contribution in [3.8, 4) is 11.5 Å². The van der Waals surface area contributed by atoms with Crippen LogP contribution in [0, 0.1) is 6.92 Å². The van der Waals surface area contributed by atoms with Gasteiger partial charge in [0.1, 0.15) is 0 Å².